The van der Waals surface area contributed by atoms with Crippen molar-refractivity contribution < 1.29 is 22.0 Å². The number of amides is 1. The molecule has 4 rings (SSSR count). The molecule has 1 aromatic carbocycles. The van der Waals surface area contributed by atoms with Gasteiger partial charge in [-0.25, -0.2) is 22.2 Å². The molecule has 32 heavy (non-hydrogen) atoms. The van der Waals surface area contributed by atoms with Crippen LogP contribution >= 0.6 is 0 Å². The second-order valence-electron chi connectivity index (χ2n) is 8.58. The molecule has 0 aliphatic carbocycles. The van der Waals surface area contributed by atoms with Gasteiger partial charge in [0, 0.05) is 17.8 Å². The number of halogens is 2. The first-order valence-electron chi connectivity index (χ1n) is 9.97. The summed E-state index contributed by atoms with van der Waals surface area (Å²) in [6, 6.07) is 6.10. The van der Waals surface area contributed by atoms with Crippen LogP contribution in [0.25, 0.3) is 0 Å². The lowest BCUT2D eigenvalue weighted by Gasteiger charge is -2.44. The summed E-state index contributed by atoms with van der Waals surface area (Å²) >= 11 is 0. The van der Waals surface area contributed by atoms with Gasteiger partial charge in [0.2, 0.25) is 0 Å². The number of hydrogen-bond acceptors (Lipinski definition) is 6. The summed E-state index contributed by atoms with van der Waals surface area (Å²) in [7, 11) is -1.99. The van der Waals surface area contributed by atoms with E-state index in [1.807, 2.05) is 4.90 Å². The summed E-state index contributed by atoms with van der Waals surface area (Å²) in [4.78, 5) is 18.0. The second-order valence-corrected chi connectivity index (χ2v) is 10.9. The SMILES string of the molecule is CN1CCC2(C1)C(=N)N[C@](C)(c1cc(NC(=O)c3ccc(F)cn3)ccc1F)CS2(=O)=O. The van der Waals surface area contributed by atoms with E-state index in [0.29, 0.717) is 13.0 Å². The lowest BCUT2D eigenvalue weighted by Crippen LogP contribution is -2.67. The summed E-state index contributed by atoms with van der Waals surface area (Å²) in [5.41, 5.74) is -1.21. The zero-order valence-corrected chi connectivity index (χ0v) is 18.4. The number of rotatable bonds is 3. The molecule has 1 spiro atoms. The molecule has 2 aliphatic rings. The van der Waals surface area contributed by atoms with Gasteiger partial charge < -0.3 is 15.5 Å². The number of nitrogens with zero attached hydrogens (tertiary/aromatic N) is 2. The summed E-state index contributed by atoms with van der Waals surface area (Å²) in [6.07, 6.45) is 1.21. The Kier molecular flexibility index (Phi) is 5.29. The molecule has 170 valence electrons. The summed E-state index contributed by atoms with van der Waals surface area (Å²) in [5.74, 6) is -2.43. The molecule has 3 heterocycles. The van der Waals surface area contributed by atoms with Crippen molar-refractivity contribution in [1.82, 2.24) is 15.2 Å². The van der Waals surface area contributed by atoms with Crippen LogP contribution in [0, 0.1) is 17.0 Å². The molecular weight excluding hydrogens is 440 g/mol. The predicted molar refractivity (Wildman–Crippen MR) is 115 cm³/mol. The van der Waals surface area contributed by atoms with Crippen molar-refractivity contribution in [1.29, 1.82) is 5.41 Å². The van der Waals surface area contributed by atoms with E-state index in [4.69, 9.17) is 5.41 Å². The number of carbonyl (C=O) groups excluding carboxylic acids is 1. The highest BCUT2D eigenvalue weighted by atomic mass is 32.2. The van der Waals surface area contributed by atoms with Crippen LogP contribution in [0.2, 0.25) is 0 Å². The van der Waals surface area contributed by atoms with E-state index in [9.17, 15) is 22.0 Å². The highest BCUT2D eigenvalue weighted by Gasteiger charge is 2.58. The zero-order valence-electron chi connectivity index (χ0n) is 17.6. The molecule has 2 atom stereocenters. The zero-order chi connectivity index (χ0) is 23.3. The number of pyridine rings is 1. The van der Waals surface area contributed by atoms with E-state index < -0.39 is 43.4 Å². The average Bonchev–Trinajstić information content (AvgIpc) is 3.12. The fourth-order valence-electron chi connectivity index (χ4n) is 4.40. The highest BCUT2D eigenvalue weighted by molar-refractivity contribution is 7.93. The Morgan fingerprint density at radius 1 is 1.28 bits per heavy atom. The molecule has 11 heteroatoms. The van der Waals surface area contributed by atoms with Gasteiger partial charge in [0.1, 0.15) is 27.9 Å². The quantitative estimate of drug-likeness (QED) is 0.641. The molecule has 0 radical (unpaired) electrons. The van der Waals surface area contributed by atoms with E-state index in [1.54, 1.807) is 7.05 Å². The third kappa shape index (κ3) is 3.65. The molecule has 2 aliphatic heterocycles. The standard InChI is InChI=1S/C21H23F2N5O3S/c1-20(12-32(30,31)21(19(24)27-20)7-8-28(2)11-21)15-9-14(4-5-16(15)23)26-18(29)17-6-3-13(22)10-25-17/h3-6,9-10H,7-8,11-12H2,1-2H3,(H2,24,27)(H,26,29)/t20-,21?/m0/s1. The van der Waals surface area contributed by atoms with Gasteiger partial charge in [0.05, 0.1) is 17.5 Å². The van der Waals surface area contributed by atoms with Crippen molar-refractivity contribution in [3.8, 4) is 0 Å². The van der Waals surface area contributed by atoms with Crippen molar-refractivity contribution >= 4 is 27.3 Å². The van der Waals surface area contributed by atoms with E-state index in [2.05, 4.69) is 15.6 Å². The van der Waals surface area contributed by atoms with Gasteiger partial charge in [-0.1, -0.05) is 0 Å². The number of benzene rings is 1. The number of hydrogen-bond donors (Lipinski definition) is 3. The predicted octanol–water partition coefficient (Wildman–Crippen LogP) is 1.90. The van der Waals surface area contributed by atoms with E-state index in [1.165, 1.54) is 25.1 Å². The van der Waals surface area contributed by atoms with Gasteiger partial charge >= 0.3 is 0 Å². The van der Waals surface area contributed by atoms with Crippen molar-refractivity contribution in [2.45, 2.75) is 23.6 Å². The van der Waals surface area contributed by atoms with Gasteiger partial charge in [-0.3, -0.25) is 10.2 Å². The highest BCUT2D eigenvalue weighted by Crippen LogP contribution is 2.40. The third-order valence-corrected chi connectivity index (χ3v) is 8.82. The molecule has 1 amide bonds. The van der Waals surface area contributed by atoms with E-state index >= 15 is 0 Å². The average molecular weight is 464 g/mol. The number of aromatic nitrogens is 1. The van der Waals surface area contributed by atoms with Crippen molar-refractivity contribution in [2.75, 3.05) is 31.2 Å². The van der Waals surface area contributed by atoms with Crippen LogP contribution in [0.15, 0.2) is 36.5 Å². The van der Waals surface area contributed by atoms with Crippen molar-refractivity contribution in [3.05, 3.63) is 59.4 Å². The first-order valence-corrected chi connectivity index (χ1v) is 11.6. The van der Waals surface area contributed by atoms with Crippen LogP contribution in [0.4, 0.5) is 14.5 Å². The first kappa shape index (κ1) is 22.3. The van der Waals surface area contributed by atoms with Crippen LogP contribution in [-0.2, 0) is 15.4 Å². The summed E-state index contributed by atoms with van der Waals surface area (Å²) in [5, 5.41) is 14.0. The lowest BCUT2D eigenvalue weighted by atomic mass is 9.90. The Bertz CT molecular complexity index is 1200. The Morgan fingerprint density at radius 2 is 2.03 bits per heavy atom. The fourth-order valence-corrected chi connectivity index (χ4v) is 6.84. The number of nitrogens with one attached hydrogen (secondary N) is 3. The Morgan fingerprint density at radius 3 is 2.62 bits per heavy atom. The van der Waals surface area contributed by atoms with E-state index in [-0.39, 0.29) is 29.3 Å². The molecular formula is C21H23F2N5O3S. The van der Waals surface area contributed by atoms with Gasteiger partial charge in [0.15, 0.2) is 9.84 Å². The number of sulfone groups is 1. The number of carbonyl (C=O) groups is 1. The van der Waals surface area contributed by atoms with Gasteiger partial charge in [-0.2, -0.15) is 0 Å². The van der Waals surface area contributed by atoms with Crippen LogP contribution in [-0.4, -0.2) is 60.7 Å². The van der Waals surface area contributed by atoms with E-state index in [0.717, 1.165) is 18.3 Å². The number of likely N-dealkylation sites (tertiary alicyclic amines) is 1. The maximum atomic E-state index is 14.8. The van der Waals surface area contributed by atoms with Crippen molar-refractivity contribution in [2.24, 2.45) is 0 Å². The molecule has 0 bridgehead atoms. The Hall–Kier alpha value is -2.92. The van der Waals surface area contributed by atoms with Gasteiger partial charge in [0.25, 0.3) is 5.91 Å². The van der Waals surface area contributed by atoms with Crippen LogP contribution in [0.5, 0.6) is 0 Å². The van der Waals surface area contributed by atoms with Crippen LogP contribution in [0.1, 0.15) is 29.4 Å². The first-order chi connectivity index (χ1) is 15.0. The molecule has 2 fully saturated rings. The minimum Gasteiger partial charge on any atom is -0.362 e. The molecule has 1 aromatic heterocycles. The molecule has 2 aromatic rings. The monoisotopic (exact) mass is 463 g/mol. The van der Waals surface area contributed by atoms with Crippen LogP contribution < -0.4 is 10.6 Å². The third-order valence-electron chi connectivity index (χ3n) is 6.13. The molecule has 3 N–H and O–H groups in total. The number of amidine groups is 1. The minimum absolute atomic E-state index is 0.0110. The Balaban J connectivity index is 1.64. The fraction of sp³-hybridized carbons (Fsp3) is 0.381. The maximum Gasteiger partial charge on any atom is 0.274 e. The summed E-state index contributed by atoms with van der Waals surface area (Å²) in [6.45, 7) is 2.28. The largest absolute Gasteiger partial charge is 0.362 e. The maximum absolute atomic E-state index is 14.8. The second kappa shape index (κ2) is 7.59. The molecule has 1 unspecified atom stereocenters. The Labute approximate surface area is 184 Å². The summed E-state index contributed by atoms with van der Waals surface area (Å²) < 4.78 is 53.1. The lowest BCUT2D eigenvalue weighted by molar-refractivity contribution is 0.102. The molecule has 2 saturated heterocycles. The topological polar surface area (TPSA) is 115 Å². The molecule has 8 nitrogen and oxygen atoms in total. The minimum atomic E-state index is -3.79. The molecule has 0 saturated carbocycles. The number of anilines is 1. The smallest absolute Gasteiger partial charge is 0.274 e. The van der Waals surface area contributed by atoms with Crippen LogP contribution in [0.3, 0.4) is 0 Å². The van der Waals surface area contributed by atoms with Crippen molar-refractivity contribution in [3.63, 3.8) is 0 Å². The van der Waals surface area contributed by atoms with Gasteiger partial charge in [-0.15, -0.1) is 0 Å². The normalized spacial score (nSPS) is 27.3. The van der Waals surface area contributed by atoms with Gasteiger partial charge in [-0.05, 0) is 57.3 Å².